The van der Waals surface area contributed by atoms with Gasteiger partial charge in [-0.1, -0.05) is 42.2 Å². The minimum Gasteiger partial charge on any atom is -0.382 e. The Balaban J connectivity index is 1.67. The number of rotatable bonds is 9. The number of benzene rings is 1. The normalized spacial score (nSPS) is 14.9. The molecule has 1 saturated heterocycles. The van der Waals surface area contributed by atoms with E-state index in [0.29, 0.717) is 40.4 Å². The van der Waals surface area contributed by atoms with E-state index in [1.165, 1.54) is 21.4 Å². The fourth-order valence-corrected chi connectivity index (χ4v) is 4.88. The summed E-state index contributed by atoms with van der Waals surface area (Å²) < 4.78 is 20.5. The van der Waals surface area contributed by atoms with Crippen LogP contribution in [-0.4, -0.2) is 44.3 Å². The van der Waals surface area contributed by atoms with E-state index in [1.807, 2.05) is 19.9 Å². The third kappa shape index (κ3) is 5.61. The predicted molar refractivity (Wildman–Crippen MR) is 141 cm³/mol. The summed E-state index contributed by atoms with van der Waals surface area (Å²) in [5.41, 5.74) is 2.16. The number of ether oxygens (including phenoxy) is 1. The number of aryl methyl sites for hydroxylation is 1. The summed E-state index contributed by atoms with van der Waals surface area (Å²) in [5.74, 6) is -0.246. The third-order valence-corrected chi connectivity index (χ3v) is 6.83. The quantitative estimate of drug-likeness (QED) is 0.259. The molecule has 0 aliphatic carbocycles. The number of anilines is 1. The van der Waals surface area contributed by atoms with Gasteiger partial charge in [-0.05, 0) is 55.7 Å². The van der Waals surface area contributed by atoms with E-state index in [9.17, 15) is 14.0 Å². The summed E-state index contributed by atoms with van der Waals surface area (Å²) in [7, 11) is 0. The summed E-state index contributed by atoms with van der Waals surface area (Å²) in [6, 6.07) is 9.59. The standard InChI is InChI=1S/C25H25FN4O3S2/c1-3-33-13-5-11-27-21-19(23(31)29-12-4-6-16(2)22(29)28-21)14-20-24(32)30(25(34)35-20)15-17-7-9-18(26)10-8-17/h4,6-10,12,14,27H,3,5,11,13,15H2,1-2H3/b20-14-. The number of pyridine rings is 1. The van der Waals surface area contributed by atoms with Gasteiger partial charge in [0.05, 0.1) is 17.0 Å². The summed E-state index contributed by atoms with van der Waals surface area (Å²) in [5, 5.41) is 3.24. The number of thiocarbonyl (C=S) groups is 1. The van der Waals surface area contributed by atoms with Gasteiger partial charge in [-0.15, -0.1) is 0 Å². The summed E-state index contributed by atoms with van der Waals surface area (Å²) in [6.07, 6.45) is 3.95. The molecule has 4 rings (SSSR count). The molecule has 0 bridgehead atoms. The first kappa shape index (κ1) is 25.0. The molecule has 1 fully saturated rings. The number of thioether (sulfide) groups is 1. The highest BCUT2D eigenvalue weighted by Crippen LogP contribution is 2.34. The van der Waals surface area contributed by atoms with Gasteiger partial charge in [0, 0.05) is 26.0 Å². The van der Waals surface area contributed by atoms with Gasteiger partial charge in [-0.25, -0.2) is 9.37 Å². The number of amides is 1. The molecule has 1 aliphatic rings. The van der Waals surface area contributed by atoms with Crippen molar-refractivity contribution in [1.29, 1.82) is 0 Å². The Kier molecular flexibility index (Phi) is 7.94. The topological polar surface area (TPSA) is 75.9 Å². The van der Waals surface area contributed by atoms with Crippen LogP contribution in [-0.2, 0) is 16.1 Å². The molecule has 0 atom stereocenters. The van der Waals surface area contributed by atoms with E-state index in [-0.39, 0.29) is 29.4 Å². The summed E-state index contributed by atoms with van der Waals surface area (Å²) in [4.78, 5) is 33.1. The molecule has 0 saturated carbocycles. The molecule has 0 unspecified atom stereocenters. The van der Waals surface area contributed by atoms with Gasteiger partial charge in [0.1, 0.15) is 21.6 Å². The van der Waals surface area contributed by atoms with Crippen LogP contribution in [0.2, 0.25) is 0 Å². The lowest BCUT2D eigenvalue weighted by Crippen LogP contribution is -2.27. The van der Waals surface area contributed by atoms with Crippen molar-refractivity contribution in [2.45, 2.75) is 26.8 Å². The molecule has 1 aliphatic heterocycles. The van der Waals surface area contributed by atoms with Crippen LogP contribution in [0.15, 0.2) is 52.3 Å². The average molecular weight is 513 g/mol. The molecule has 2 aromatic heterocycles. The molecule has 3 aromatic rings. The van der Waals surface area contributed by atoms with E-state index in [1.54, 1.807) is 30.5 Å². The van der Waals surface area contributed by atoms with Crippen molar-refractivity contribution in [3.63, 3.8) is 0 Å². The number of carbonyl (C=O) groups excluding carboxylic acids is 1. The van der Waals surface area contributed by atoms with Crippen LogP contribution in [0.5, 0.6) is 0 Å². The number of fused-ring (bicyclic) bond motifs is 1. The van der Waals surface area contributed by atoms with Gasteiger partial charge >= 0.3 is 0 Å². The molecular formula is C25H25FN4O3S2. The van der Waals surface area contributed by atoms with E-state index >= 15 is 0 Å². The molecule has 35 heavy (non-hydrogen) atoms. The van der Waals surface area contributed by atoms with Crippen LogP contribution in [0.3, 0.4) is 0 Å². The second-order valence-electron chi connectivity index (χ2n) is 7.94. The van der Waals surface area contributed by atoms with Crippen LogP contribution in [0.25, 0.3) is 11.7 Å². The number of halogens is 1. The number of nitrogens with one attached hydrogen (secondary N) is 1. The molecule has 10 heteroatoms. The predicted octanol–water partition coefficient (Wildman–Crippen LogP) is 4.38. The number of carbonyl (C=O) groups is 1. The second kappa shape index (κ2) is 11.1. The van der Waals surface area contributed by atoms with Crippen molar-refractivity contribution in [2.75, 3.05) is 25.1 Å². The van der Waals surface area contributed by atoms with Crippen LogP contribution in [0.1, 0.15) is 30.0 Å². The zero-order valence-corrected chi connectivity index (χ0v) is 21.0. The van der Waals surface area contributed by atoms with Gasteiger partial charge in [0.25, 0.3) is 11.5 Å². The first-order valence-corrected chi connectivity index (χ1v) is 12.4. The maximum absolute atomic E-state index is 13.4. The van der Waals surface area contributed by atoms with E-state index in [4.69, 9.17) is 21.9 Å². The summed E-state index contributed by atoms with van der Waals surface area (Å²) >= 11 is 6.56. The maximum Gasteiger partial charge on any atom is 0.267 e. The first-order valence-electron chi connectivity index (χ1n) is 11.2. The van der Waals surface area contributed by atoms with Crippen molar-refractivity contribution in [1.82, 2.24) is 14.3 Å². The van der Waals surface area contributed by atoms with Crippen molar-refractivity contribution < 1.29 is 13.9 Å². The van der Waals surface area contributed by atoms with Gasteiger partial charge < -0.3 is 10.1 Å². The third-order valence-electron chi connectivity index (χ3n) is 5.45. The van der Waals surface area contributed by atoms with E-state index in [2.05, 4.69) is 5.32 Å². The van der Waals surface area contributed by atoms with E-state index in [0.717, 1.165) is 29.3 Å². The Hall–Kier alpha value is -3.08. The highest BCUT2D eigenvalue weighted by molar-refractivity contribution is 8.26. The monoisotopic (exact) mass is 512 g/mol. The first-order chi connectivity index (χ1) is 16.9. The number of nitrogens with zero attached hydrogens (tertiary/aromatic N) is 3. The number of hydrogen-bond donors (Lipinski definition) is 1. The average Bonchev–Trinajstić information content (AvgIpc) is 3.10. The molecule has 3 heterocycles. The SMILES string of the molecule is CCOCCCNc1nc2c(C)cccn2c(=O)c1/C=C1\SC(=S)N(Cc2ccc(F)cc2)C1=O. The number of aromatic nitrogens is 2. The summed E-state index contributed by atoms with van der Waals surface area (Å²) in [6.45, 7) is 5.83. The Labute approximate surface area is 212 Å². The van der Waals surface area contributed by atoms with E-state index < -0.39 is 0 Å². The fraction of sp³-hybridized carbons (Fsp3) is 0.280. The Morgan fingerprint density at radius 2 is 2.00 bits per heavy atom. The van der Waals surface area contributed by atoms with Crippen LogP contribution >= 0.6 is 24.0 Å². The second-order valence-corrected chi connectivity index (χ2v) is 9.61. The highest BCUT2D eigenvalue weighted by Gasteiger charge is 2.32. The largest absolute Gasteiger partial charge is 0.382 e. The van der Waals surface area contributed by atoms with Gasteiger partial charge in [-0.3, -0.25) is 18.9 Å². The minimum absolute atomic E-state index is 0.221. The Bertz CT molecular complexity index is 1360. The Morgan fingerprint density at radius 3 is 2.74 bits per heavy atom. The minimum atomic E-state index is -0.347. The molecule has 0 spiro atoms. The molecule has 182 valence electrons. The zero-order valence-electron chi connectivity index (χ0n) is 19.4. The van der Waals surface area contributed by atoms with Crippen molar-refractivity contribution >= 4 is 51.7 Å². The fourth-order valence-electron chi connectivity index (χ4n) is 3.64. The highest BCUT2D eigenvalue weighted by atomic mass is 32.2. The molecule has 1 N–H and O–H groups in total. The van der Waals surface area contributed by atoms with Crippen LogP contribution in [0, 0.1) is 12.7 Å². The lowest BCUT2D eigenvalue weighted by atomic mass is 10.2. The maximum atomic E-state index is 13.4. The molecule has 1 aromatic carbocycles. The molecular weight excluding hydrogens is 487 g/mol. The number of hydrogen-bond acceptors (Lipinski definition) is 7. The van der Waals surface area contributed by atoms with Crippen molar-refractivity contribution in [3.8, 4) is 0 Å². The van der Waals surface area contributed by atoms with Gasteiger partial charge in [0.15, 0.2) is 0 Å². The molecule has 1 amide bonds. The lowest BCUT2D eigenvalue weighted by molar-refractivity contribution is -0.122. The van der Waals surface area contributed by atoms with Crippen molar-refractivity contribution in [3.05, 3.63) is 80.4 Å². The lowest BCUT2D eigenvalue weighted by Gasteiger charge is -2.14. The molecule has 0 radical (unpaired) electrons. The Morgan fingerprint density at radius 1 is 1.23 bits per heavy atom. The molecule has 7 nitrogen and oxygen atoms in total. The van der Waals surface area contributed by atoms with Crippen LogP contribution in [0.4, 0.5) is 10.2 Å². The van der Waals surface area contributed by atoms with Crippen LogP contribution < -0.4 is 10.9 Å². The zero-order chi connectivity index (χ0) is 24.9. The smallest absolute Gasteiger partial charge is 0.267 e. The van der Waals surface area contributed by atoms with Crippen molar-refractivity contribution in [2.24, 2.45) is 0 Å². The van der Waals surface area contributed by atoms with Gasteiger partial charge in [-0.2, -0.15) is 0 Å². The van der Waals surface area contributed by atoms with Gasteiger partial charge in [0.2, 0.25) is 0 Å².